The van der Waals surface area contributed by atoms with E-state index in [0.29, 0.717) is 4.47 Å². The number of halogens is 4. The van der Waals surface area contributed by atoms with Crippen LogP contribution in [0.25, 0.3) is 0 Å². The molecule has 1 heterocycles. The molecule has 0 unspecified atom stereocenters. The number of benzene rings is 2. The smallest absolute Gasteiger partial charge is 0.416 e. The van der Waals surface area contributed by atoms with Crippen molar-refractivity contribution in [3.05, 3.63) is 57.6 Å². The maximum Gasteiger partial charge on any atom is 0.416 e. The minimum absolute atomic E-state index is 0.0249. The lowest BCUT2D eigenvalue weighted by molar-refractivity contribution is -0.142. The number of hydrogen-bond acceptors (Lipinski definition) is 3. The second-order valence-electron chi connectivity index (χ2n) is 5.24. The zero-order valence-electron chi connectivity index (χ0n) is 12.2. The maximum absolute atomic E-state index is 13.5. The standard InChI is InChI=1S/C16H11BrF3NO3/c1-24-12-4-2-3-9(16(18,19)20)13(12)15(23)10-7-8(17)5-6-11(10)21-14(15)22/h2-7,23H,1H3,(H,21,22)/t15-/m1/s1. The van der Waals surface area contributed by atoms with Crippen LogP contribution in [0.3, 0.4) is 0 Å². The molecule has 1 aliphatic rings. The topological polar surface area (TPSA) is 58.6 Å². The number of amides is 1. The average Bonchev–Trinajstić information content (AvgIpc) is 2.78. The molecule has 0 aliphatic carbocycles. The summed E-state index contributed by atoms with van der Waals surface area (Å²) in [6, 6.07) is 7.74. The SMILES string of the molecule is COc1cccc(C(F)(F)F)c1[C@@]1(O)C(=O)Nc2ccc(Br)cc21. The van der Waals surface area contributed by atoms with Crippen molar-refractivity contribution in [2.24, 2.45) is 0 Å². The molecule has 0 radical (unpaired) electrons. The van der Waals surface area contributed by atoms with Crippen molar-refractivity contribution in [3.63, 3.8) is 0 Å². The first-order valence-electron chi connectivity index (χ1n) is 6.78. The van der Waals surface area contributed by atoms with Gasteiger partial charge in [-0.1, -0.05) is 22.0 Å². The average molecular weight is 402 g/mol. The van der Waals surface area contributed by atoms with Crippen molar-refractivity contribution >= 4 is 27.5 Å². The molecule has 1 amide bonds. The third-order valence-electron chi connectivity index (χ3n) is 3.86. The molecule has 2 aromatic carbocycles. The van der Waals surface area contributed by atoms with Gasteiger partial charge in [0.2, 0.25) is 5.60 Å². The van der Waals surface area contributed by atoms with E-state index in [1.54, 1.807) is 6.07 Å². The molecule has 24 heavy (non-hydrogen) atoms. The van der Waals surface area contributed by atoms with Gasteiger partial charge in [-0.2, -0.15) is 13.2 Å². The molecule has 2 aromatic rings. The number of anilines is 1. The van der Waals surface area contributed by atoms with Crippen molar-refractivity contribution in [3.8, 4) is 5.75 Å². The molecule has 2 N–H and O–H groups in total. The highest BCUT2D eigenvalue weighted by Crippen LogP contribution is 2.49. The fourth-order valence-electron chi connectivity index (χ4n) is 2.82. The van der Waals surface area contributed by atoms with E-state index in [9.17, 15) is 23.1 Å². The molecule has 1 aliphatic heterocycles. The van der Waals surface area contributed by atoms with Crippen LogP contribution in [0.2, 0.25) is 0 Å². The molecule has 0 aromatic heterocycles. The van der Waals surface area contributed by atoms with Crippen molar-refractivity contribution in [2.45, 2.75) is 11.8 Å². The van der Waals surface area contributed by atoms with Gasteiger partial charge in [0.05, 0.1) is 18.2 Å². The molecule has 0 saturated carbocycles. The number of hydrogen-bond donors (Lipinski definition) is 2. The fourth-order valence-corrected chi connectivity index (χ4v) is 3.18. The molecule has 1 atom stereocenters. The molecule has 4 nitrogen and oxygen atoms in total. The summed E-state index contributed by atoms with van der Waals surface area (Å²) in [6.07, 6.45) is -4.77. The summed E-state index contributed by atoms with van der Waals surface area (Å²) in [4.78, 5) is 12.4. The van der Waals surface area contributed by atoms with E-state index in [4.69, 9.17) is 4.74 Å². The number of ether oxygens (including phenoxy) is 1. The minimum Gasteiger partial charge on any atom is -0.496 e. The Morgan fingerprint density at radius 1 is 1.25 bits per heavy atom. The Morgan fingerprint density at radius 3 is 2.58 bits per heavy atom. The molecular formula is C16H11BrF3NO3. The van der Waals surface area contributed by atoms with Crippen LogP contribution in [0, 0.1) is 0 Å². The highest BCUT2D eigenvalue weighted by molar-refractivity contribution is 9.10. The van der Waals surface area contributed by atoms with Gasteiger partial charge in [-0.15, -0.1) is 0 Å². The van der Waals surface area contributed by atoms with Crippen LogP contribution in [0.1, 0.15) is 16.7 Å². The normalized spacial score (nSPS) is 19.8. The third kappa shape index (κ3) is 2.37. The molecular weight excluding hydrogens is 391 g/mol. The van der Waals surface area contributed by atoms with E-state index in [1.165, 1.54) is 25.3 Å². The number of alkyl halides is 3. The van der Waals surface area contributed by atoms with Gasteiger partial charge in [0, 0.05) is 15.7 Å². The van der Waals surface area contributed by atoms with E-state index >= 15 is 0 Å². The van der Waals surface area contributed by atoms with E-state index in [2.05, 4.69) is 21.2 Å². The van der Waals surface area contributed by atoms with Gasteiger partial charge in [0.15, 0.2) is 0 Å². The number of rotatable bonds is 2. The number of aliphatic hydroxyl groups is 1. The Labute approximate surface area is 143 Å². The van der Waals surface area contributed by atoms with Gasteiger partial charge in [-0.25, -0.2) is 0 Å². The predicted molar refractivity (Wildman–Crippen MR) is 83.8 cm³/mol. The number of methoxy groups -OCH3 is 1. The number of carbonyl (C=O) groups is 1. The Morgan fingerprint density at radius 2 is 1.96 bits per heavy atom. The van der Waals surface area contributed by atoms with Crippen molar-refractivity contribution in [1.82, 2.24) is 0 Å². The van der Waals surface area contributed by atoms with Gasteiger partial charge in [-0.05, 0) is 30.3 Å². The van der Waals surface area contributed by atoms with Gasteiger partial charge in [0.25, 0.3) is 5.91 Å². The Kier molecular flexibility index (Phi) is 3.84. The maximum atomic E-state index is 13.5. The van der Waals surface area contributed by atoms with Crippen LogP contribution in [-0.4, -0.2) is 18.1 Å². The lowest BCUT2D eigenvalue weighted by atomic mass is 9.83. The number of nitrogens with one attached hydrogen (secondary N) is 1. The summed E-state index contributed by atoms with van der Waals surface area (Å²) >= 11 is 3.20. The Bertz CT molecular complexity index is 838. The van der Waals surface area contributed by atoms with E-state index in [-0.39, 0.29) is 17.0 Å². The van der Waals surface area contributed by atoms with Gasteiger partial charge in [-0.3, -0.25) is 4.79 Å². The summed E-state index contributed by atoms with van der Waals surface area (Å²) in [5, 5.41) is 13.5. The third-order valence-corrected chi connectivity index (χ3v) is 4.35. The largest absolute Gasteiger partial charge is 0.496 e. The lowest BCUT2D eigenvalue weighted by Crippen LogP contribution is -2.37. The minimum atomic E-state index is -4.77. The Balaban J connectivity index is 2.37. The first-order chi connectivity index (χ1) is 11.2. The molecule has 0 spiro atoms. The fraction of sp³-hybridized carbons (Fsp3) is 0.188. The van der Waals surface area contributed by atoms with E-state index < -0.39 is 28.8 Å². The molecule has 0 fully saturated rings. The highest BCUT2D eigenvalue weighted by atomic mass is 79.9. The summed E-state index contributed by atoms with van der Waals surface area (Å²) in [6.45, 7) is 0. The van der Waals surface area contributed by atoms with Crippen LogP contribution >= 0.6 is 15.9 Å². The van der Waals surface area contributed by atoms with Gasteiger partial charge < -0.3 is 15.2 Å². The molecule has 3 rings (SSSR count). The number of carbonyl (C=O) groups excluding carboxylic acids is 1. The summed E-state index contributed by atoms with van der Waals surface area (Å²) in [7, 11) is 1.18. The van der Waals surface area contributed by atoms with Crippen LogP contribution in [-0.2, 0) is 16.6 Å². The van der Waals surface area contributed by atoms with Crippen molar-refractivity contribution in [1.29, 1.82) is 0 Å². The first-order valence-corrected chi connectivity index (χ1v) is 7.57. The van der Waals surface area contributed by atoms with Gasteiger partial charge in [0.1, 0.15) is 5.75 Å². The van der Waals surface area contributed by atoms with Crippen molar-refractivity contribution in [2.75, 3.05) is 12.4 Å². The van der Waals surface area contributed by atoms with Gasteiger partial charge >= 0.3 is 6.18 Å². The highest BCUT2D eigenvalue weighted by Gasteiger charge is 2.53. The predicted octanol–water partition coefficient (Wildman–Crippen LogP) is 3.66. The summed E-state index contributed by atoms with van der Waals surface area (Å²) in [5.74, 6) is -1.19. The number of fused-ring (bicyclic) bond motifs is 1. The molecule has 126 valence electrons. The zero-order valence-corrected chi connectivity index (χ0v) is 13.8. The van der Waals surface area contributed by atoms with Crippen molar-refractivity contribution < 1.29 is 27.8 Å². The lowest BCUT2D eigenvalue weighted by Gasteiger charge is -2.27. The quantitative estimate of drug-likeness (QED) is 0.806. The molecule has 0 bridgehead atoms. The Hall–Kier alpha value is -2.06. The van der Waals surface area contributed by atoms with Crippen LogP contribution in [0.15, 0.2) is 40.9 Å². The first kappa shape index (κ1) is 16.8. The monoisotopic (exact) mass is 401 g/mol. The molecule has 0 saturated heterocycles. The van der Waals surface area contributed by atoms with Crippen LogP contribution in [0.4, 0.5) is 18.9 Å². The van der Waals surface area contributed by atoms with E-state index in [0.717, 1.165) is 12.1 Å². The van der Waals surface area contributed by atoms with Crippen LogP contribution in [0.5, 0.6) is 5.75 Å². The summed E-state index contributed by atoms with van der Waals surface area (Å²) in [5.41, 5.74) is -4.01. The van der Waals surface area contributed by atoms with Crippen LogP contribution < -0.4 is 10.1 Å². The summed E-state index contributed by atoms with van der Waals surface area (Å²) < 4.78 is 45.9. The second kappa shape index (κ2) is 5.49. The van der Waals surface area contributed by atoms with E-state index in [1.807, 2.05) is 0 Å². The molecule has 8 heteroatoms. The second-order valence-corrected chi connectivity index (χ2v) is 6.15. The zero-order chi connectivity index (χ0) is 17.7.